The molecule has 4 aromatic carbocycles. The summed E-state index contributed by atoms with van der Waals surface area (Å²) in [5.74, 6) is -1.18. The number of phenolic OH excluding ortho intramolecular Hbond substituents is 2. The van der Waals surface area contributed by atoms with Crippen LogP contribution in [-0.2, 0) is 19.1 Å². The van der Waals surface area contributed by atoms with Gasteiger partial charge in [-0.25, -0.2) is 0 Å². The fraction of sp³-hybridized carbons (Fsp3) is 0.262. The van der Waals surface area contributed by atoms with Crippen LogP contribution >= 0.6 is 11.6 Å². The molecule has 290 valence electrons. The van der Waals surface area contributed by atoms with E-state index in [-0.39, 0.29) is 74.2 Å². The number of ether oxygens (including phenoxy) is 2. The zero-order chi connectivity index (χ0) is 39.6. The molecule has 0 spiro atoms. The van der Waals surface area contributed by atoms with Gasteiger partial charge in [0.25, 0.3) is 11.8 Å². The van der Waals surface area contributed by atoms with Crippen molar-refractivity contribution in [2.45, 2.75) is 31.7 Å². The van der Waals surface area contributed by atoms with Crippen LogP contribution in [-0.4, -0.2) is 89.5 Å². The van der Waals surface area contributed by atoms with Crippen LogP contribution in [0.5, 0.6) is 17.2 Å². The first kappa shape index (κ1) is 39.5. The second-order valence-corrected chi connectivity index (χ2v) is 13.5. The van der Waals surface area contributed by atoms with E-state index in [0.29, 0.717) is 30.3 Å². The van der Waals surface area contributed by atoms with E-state index < -0.39 is 29.7 Å². The van der Waals surface area contributed by atoms with Crippen molar-refractivity contribution in [3.05, 3.63) is 119 Å². The van der Waals surface area contributed by atoms with Gasteiger partial charge in [0.1, 0.15) is 29.9 Å². The summed E-state index contributed by atoms with van der Waals surface area (Å²) in [6.45, 7) is 1.20. The molecule has 0 aromatic heterocycles. The second kappa shape index (κ2) is 18.4. The molecule has 0 bridgehead atoms. The number of nitrogens with one attached hydrogen (secondary N) is 3. The minimum atomic E-state index is -1.05. The number of amides is 5. The predicted molar refractivity (Wildman–Crippen MR) is 209 cm³/mol. The topological polar surface area (TPSA) is 184 Å². The molecule has 1 saturated heterocycles. The zero-order valence-corrected chi connectivity index (χ0v) is 31.1. The molecule has 14 heteroatoms. The number of nitrogens with zero attached hydrogens (tertiary/aromatic N) is 1. The smallest absolute Gasteiger partial charge is 0.264 e. The van der Waals surface area contributed by atoms with Crippen LogP contribution in [0.25, 0.3) is 11.1 Å². The number of carbonyl (C=O) groups is 5. The molecule has 2 aliphatic heterocycles. The summed E-state index contributed by atoms with van der Waals surface area (Å²) >= 11 is 6.24. The Bertz CT molecular complexity index is 2120. The first-order chi connectivity index (χ1) is 27.1. The predicted octanol–water partition coefficient (Wildman–Crippen LogP) is 5.10. The number of imide groups is 2. The lowest BCUT2D eigenvalue weighted by Gasteiger charge is -2.27. The van der Waals surface area contributed by atoms with Gasteiger partial charge in [-0.3, -0.25) is 34.2 Å². The Morgan fingerprint density at radius 1 is 0.786 bits per heavy atom. The van der Waals surface area contributed by atoms with Crippen LogP contribution in [0.2, 0.25) is 0 Å². The average molecular weight is 781 g/mol. The number of allylic oxidation sites excluding steroid dienone is 1. The van der Waals surface area contributed by atoms with E-state index in [1.165, 1.54) is 6.07 Å². The number of rotatable bonds is 17. The summed E-state index contributed by atoms with van der Waals surface area (Å²) in [5.41, 5.74) is 5.39. The molecule has 2 heterocycles. The third kappa shape index (κ3) is 9.36. The maximum atomic E-state index is 13.2. The van der Waals surface area contributed by atoms with Crippen LogP contribution in [0, 0.1) is 0 Å². The Labute approximate surface area is 328 Å². The van der Waals surface area contributed by atoms with Crippen LogP contribution < -0.4 is 20.7 Å². The number of hydrogen-bond acceptors (Lipinski definition) is 10. The van der Waals surface area contributed by atoms with Crippen molar-refractivity contribution < 1.29 is 43.7 Å². The van der Waals surface area contributed by atoms with E-state index in [1.54, 1.807) is 36.4 Å². The fourth-order valence-electron chi connectivity index (χ4n) is 6.67. The Kier molecular flexibility index (Phi) is 13.0. The van der Waals surface area contributed by atoms with Gasteiger partial charge in [0.05, 0.1) is 30.9 Å². The van der Waals surface area contributed by atoms with Crippen LogP contribution in [0.3, 0.4) is 0 Å². The third-order valence-corrected chi connectivity index (χ3v) is 9.55. The summed E-state index contributed by atoms with van der Waals surface area (Å²) in [5, 5.41) is 27.9. The molecular formula is C42H41ClN4O9. The lowest BCUT2D eigenvalue weighted by Crippen LogP contribution is -2.54. The SMILES string of the molecule is O=C(CCOCCNc1cccc2c1C(=O)N(C1CCC(=O)NC1=O)C2=O)NCCOc1ccc(C(=C(CCCl)c2ccc(O)cc2)c2ccc(O)cc2)cc1. The van der Waals surface area contributed by atoms with Crippen LogP contribution in [0.1, 0.15) is 63.1 Å². The maximum absolute atomic E-state index is 13.2. The van der Waals surface area contributed by atoms with Gasteiger partial charge in [0.2, 0.25) is 17.7 Å². The van der Waals surface area contributed by atoms with Gasteiger partial charge in [-0.2, -0.15) is 0 Å². The highest BCUT2D eigenvalue weighted by Crippen LogP contribution is 2.37. The molecule has 1 fully saturated rings. The van der Waals surface area contributed by atoms with Gasteiger partial charge in [-0.15, -0.1) is 11.6 Å². The number of anilines is 1. The van der Waals surface area contributed by atoms with Gasteiger partial charge < -0.3 is 30.3 Å². The van der Waals surface area contributed by atoms with E-state index in [4.69, 9.17) is 21.1 Å². The number of alkyl halides is 1. The fourth-order valence-corrected chi connectivity index (χ4v) is 6.86. The molecule has 1 atom stereocenters. The third-order valence-electron chi connectivity index (χ3n) is 9.36. The first-order valence-corrected chi connectivity index (χ1v) is 18.7. The highest BCUT2D eigenvalue weighted by Gasteiger charge is 2.45. The number of hydrogen-bond donors (Lipinski definition) is 5. The molecule has 0 aliphatic carbocycles. The van der Waals surface area contributed by atoms with Gasteiger partial charge in [0.15, 0.2) is 0 Å². The molecule has 2 aliphatic rings. The number of aromatic hydroxyl groups is 2. The second-order valence-electron chi connectivity index (χ2n) is 13.1. The van der Waals surface area contributed by atoms with Crippen LogP contribution in [0.15, 0.2) is 91.0 Å². The van der Waals surface area contributed by atoms with Crippen molar-refractivity contribution in [3.8, 4) is 17.2 Å². The van der Waals surface area contributed by atoms with Gasteiger partial charge in [-0.1, -0.05) is 42.5 Å². The van der Waals surface area contributed by atoms with Gasteiger partial charge >= 0.3 is 0 Å². The van der Waals surface area contributed by atoms with E-state index >= 15 is 0 Å². The number of piperidine rings is 1. The molecule has 6 rings (SSSR count). The monoisotopic (exact) mass is 780 g/mol. The van der Waals surface area contributed by atoms with Crippen LogP contribution in [0.4, 0.5) is 5.69 Å². The molecule has 5 amide bonds. The Morgan fingerprint density at radius 2 is 1.45 bits per heavy atom. The average Bonchev–Trinajstić information content (AvgIpc) is 3.45. The number of fused-ring (bicyclic) bond motifs is 1. The summed E-state index contributed by atoms with van der Waals surface area (Å²) in [7, 11) is 0. The van der Waals surface area contributed by atoms with Crippen molar-refractivity contribution >= 4 is 58.0 Å². The summed E-state index contributed by atoms with van der Waals surface area (Å²) < 4.78 is 11.5. The minimum Gasteiger partial charge on any atom is -0.508 e. The Hall–Kier alpha value is -6.18. The molecule has 0 saturated carbocycles. The molecule has 5 N–H and O–H groups in total. The summed E-state index contributed by atoms with van der Waals surface area (Å²) in [4.78, 5) is 63.5. The van der Waals surface area contributed by atoms with Gasteiger partial charge in [0, 0.05) is 31.0 Å². The zero-order valence-electron chi connectivity index (χ0n) is 30.4. The highest BCUT2D eigenvalue weighted by molar-refractivity contribution is 6.25. The van der Waals surface area contributed by atoms with Crippen molar-refractivity contribution in [1.29, 1.82) is 0 Å². The Morgan fingerprint density at radius 3 is 2.11 bits per heavy atom. The van der Waals surface area contributed by atoms with Crippen molar-refractivity contribution in [2.24, 2.45) is 0 Å². The minimum absolute atomic E-state index is 0.0397. The van der Waals surface area contributed by atoms with E-state index in [0.717, 1.165) is 32.7 Å². The lowest BCUT2D eigenvalue weighted by molar-refractivity contribution is -0.136. The van der Waals surface area contributed by atoms with E-state index in [9.17, 15) is 34.2 Å². The van der Waals surface area contributed by atoms with Gasteiger partial charge in [-0.05, 0) is 89.2 Å². The standard InChI is InChI=1S/C42H41ClN4O9/c43-20-18-32(26-4-10-29(48)11-5-26)38(27-6-12-30(49)13-7-27)28-8-14-31(15-9-28)56-25-22-45-36(50)19-23-55-24-21-44-34-3-1-2-33-39(34)42(54)47(41(33)53)35-16-17-37(51)46-40(35)52/h1-15,35,44,48-49H,16-25H2,(H,45,50)(H,46,51,52). The number of benzene rings is 4. The summed E-state index contributed by atoms with van der Waals surface area (Å²) in [6, 6.07) is 25.3. The van der Waals surface area contributed by atoms with Crippen molar-refractivity contribution in [1.82, 2.24) is 15.5 Å². The molecule has 4 aromatic rings. The highest BCUT2D eigenvalue weighted by atomic mass is 35.5. The largest absolute Gasteiger partial charge is 0.508 e. The van der Waals surface area contributed by atoms with Crippen molar-refractivity contribution in [2.75, 3.05) is 44.1 Å². The maximum Gasteiger partial charge on any atom is 0.264 e. The molecule has 56 heavy (non-hydrogen) atoms. The van der Waals surface area contributed by atoms with E-state index in [1.807, 2.05) is 48.5 Å². The lowest BCUT2D eigenvalue weighted by atomic mass is 9.88. The molecule has 0 radical (unpaired) electrons. The molecule has 1 unspecified atom stereocenters. The summed E-state index contributed by atoms with van der Waals surface area (Å²) in [6.07, 6.45) is 0.808. The first-order valence-electron chi connectivity index (χ1n) is 18.2. The molecule has 13 nitrogen and oxygen atoms in total. The number of phenols is 2. The van der Waals surface area contributed by atoms with E-state index in [2.05, 4.69) is 16.0 Å². The quantitative estimate of drug-likeness (QED) is 0.0418. The number of carbonyl (C=O) groups excluding carboxylic acids is 5. The normalized spacial score (nSPS) is 15.6. The Balaban J connectivity index is 0.941. The number of halogens is 1. The molecular weight excluding hydrogens is 740 g/mol. The van der Waals surface area contributed by atoms with Crippen molar-refractivity contribution in [3.63, 3.8) is 0 Å².